The molecule has 3 aromatic rings. The fourth-order valence-corrected chi connectivity index (χ4v) is 4.29. The van der Waals surface area contributed by atoms with Gasteiger partial charge in [0, 0.05) is 48.2 Å². The SMILES string of the molecule is CSc1nc2nc(C)c(CC(=O)N3CCN(C(=O)c4cc(Cl)ccc4F)CC3)c(C)n2n1. The van der Waals surface area contributed by atoms with Crippen molar-refractivity contribution in [1.29, 1.82) is 0 Å². The van der Waals surface area contributed by atoms with E-state index in [2.05, 4.69) is 15.1 Å². The summed E-state index contributed by atoms with van der Waals surface area (Å²) in [7, 11) is 0. The van der Waals surface area contributed by atoms with Crippen LogP contribution < -0.4 is 0 Å². The van der Waals surface area contributed by atoms with Crippen LogP contribution in [0.2, 0.25) is 5.02 Å². The minimum Gasteiger partial charge on any atom is -0.339 e. The molecule has 2 amide bonds. The number of fused-ring (bicyclic) bond motifs is 1. The zero-order valence-electron chi connectivity index (χ0n) is 17.9. The molecular weight excluding hydrogens is 455 g/mol. The predicted molar refractivity (Wildman–Crippen MR) is 120 cm³/mol. The average Bonchev–Trinajstić information content (AvgIpc) is 3.21. The summed E-state index contributed by atoms with van der Waals surface area (Å²) >= 11 is 7.34. The molecule has 0 atom stereocenters. The molecular formula is C21H22ClFN6O2S. The summed E-state index contributed by atoms with van der Waals surface area (Å²) in [5.74, 6) is -0.566. The number of halogens is 2. The van der Waals surface area contributed by atoms with Gasteiger partial charge in [-0.1, -0.05) is 23.4 Å². The van der Waals surface area contributed by atoms with Crippen molar-refractivity contribution in [3.63, 3.8) is 0 Å². The Morgan fingerprint density at radius 2 is 1.81 bits per heavy atom. The highest BCUT2D eigenvalue weighted by Gasteiger charge is 2.27. The largest absolute Gasteiger partial charge is 0.339 e. The number of aryl methyl sites for hydroxylation is 2. The van der Waals surface area contributed by atoms with E-state index in [1.54, 1.807) is 14.3 Å². The van der Waals surface area contributed by atoms with Crippen LogP contribution in [0.5, 0.6) is 0 Å². The van der Waals surface area contributed by atoms with Crippen LogP contribution in [-0.4, -0.2) is 73.6 Å². The van der Waals surface area contributed by atoms with E-state index < -0.39 is 11.7 Å². The molecule has 1 aliphatic rings. The topological polar surface area (TPSA) is 83.7 Å². The fourth-order valence-electron chi connectivity index (χ4n) is 3.79. The fraction of sp³-hybridized carbons (Fsp3) is 0.381. The van der Waals surface area contributed by atoms with Gasteiger partial charge in [-0.15, -0.1) is 5.10 Å². The van der Waals surface area contributed by atoms with Gasteiger partial charge in [0.15, 0.2) is 0 Å². The number of carbonyl (C=O) groups excluding carboxylic acids is 2. The molecule has 1 saturated heterocycles. The number of rotatable bonds is 4. The molecule has 0 N–H and O–H groups in total. The minimum absolute atomic E-state index is 0.0522. The lowest BCUT2D eigenvalue weighted by atomic mass is 10.1. The van der Waals surface area contributed by atoms with Gasteiger partial charge in [0.1, 0.15) is 5.82 Å². The Kier molecular flexibility index (Phi) is 6.34. The van der Waals surface area contributed by atoms with Crippen LogP contribution in [0.15, 0.2) is 23.4 Å². The first-order valence-electron chi connectivity index (χ1n) is 10.1. The van der Waals surface area contributed by atoms with Gasteiger partial charge in [-0.3, -0.25) is 9.59 Å². The molecule has 0 aliphatic carbocycles. The maximum atomic E-state index is 14.0. The Morgan fingerprint density at radius 3 is 2.50 bits per heavy atom. The number of nitrogens with zero attached hydrogens (tertiary/aromatic N) is 6. The van der Waals surface area contributed by atoms with Crippen molar-refractivity contribution < 1.29 is 14.0 Å². The van der Waals surface area contributed by atoms with Gasteiger partial charge in [-0.2, -0.15) is 4.98 Å². The first-order chi connectivity index (χ1) is 15.3. The van der Waals surface area contributed by atoms with Gasteiger partial charge in [0.2, 0.25) is 11.1 Å². The molecule has 3 heterocycles. The number of benzene rings is 1. The number of piperazine rings is 1. The van der Waals surface area contributed by atoms with Crippen molar-refractivity contribution in [2.45, 2.75) is 25.4 Å². The number of amides is 2. The van der Waals surface area contributed by atoms with Crippen LogP contribution >= 0.6 is 23.4 Å². The molecule has 2 aromatic heterocycles. The Hall–Kier alpha value is -2.72. The number of carbonyl (C=O) groups is 2. The van der Waals surface area contributed by atoms with E-state index in [0.717, 1.165) is 17.0 Å². The maximum absolute atomic E-state index is 14.0. The lowest BCUT2D eigenvalue weighted by Gasteiger charge is -2.35. The first kappa shape index (κ1) is 22.5. The normalized spacial score (nSPS) is 14.3. The number of aromatic nitrogens is 4. The van der Waals surface area contributed by atoms with Crippen LogP contribution in [0.1, 0.15) is 27.3 Å². The second-order valence-electron chi connectivity index (χ2n) is 7.55. The number of hydrogen-bond donors (Lipinski definition) is 0. The van der Waals surface area contributed by atoms with Gasteiger partial charge in [-0.05, 0) is 38.3 Å². The zero-order valence-corrected chi connectivity index (χ0v) is 19.5. The number of thioether (sulfide) groups is 1. The van der Waals surface area contributed by atoms with Gasteiger partial charge >= 0.3 is 0 Å². The zero-order chi connectivity index (χ0) is 23.0. The van der Waals surface area contributed by atoms with E-state index >= 15 is 0 Å². The summed E-state index contributed by atoms with van der Waals surface area (Å²) in [5.41, 5.74) is 2.34. The van der Waals surface area contributed by atoms with E-state index in [1.807, 2.05) is 20.1 Å². The Bertz CT molecular complexity index is 1210. The van der Waals surface area contributed by atoms with Crippen LogP contribution in [0.25, 0.3) is 5.78 Å². The highest BCUT2D eigenvalue weighted by molar-refractivity contribution is 7.98. The maximum Gasteiger partial charge on any atom is 0.257 e. The summed E-state index contributed by atoms with van der Waals surface area (Å²) in [6.07, 6.45) is 2.08. The average molecular weight is 477 g/mol. The smallest absolute Gasteiger partial charge is 0.257 e. The van der Waals surface area contributed by atoms with Crippen molar-refractivity contribution >= 4 is 41.0 Å². The van der Waals surface area contributed by atoms with Gasteiger partial charge < -0.3 is 9.80 Å². The van der Waals surface area contributed by atoms with Crippen molar-refractivity contribution in [1.82, 2.24) is 29.4 Å². The summed E-state index contributed by atoms with van der Waals surface area (Å²) in [5, 5.41) is 5.35. The van der Waals surface area contributed by atoms with Gasteiger partial charge in [-0.25, -0.2) is 13.9 Å². The molecule has 1 fully saturated rings. The highest BCUT2D eigenvalue weighted by atomic mass is 35.5. The van der Waals surface area contributed by atoms with Crippen LogP contribution in [0.4, 0.5) is 4.39 Å². The van der Waals surface area contributed by atoms with E-state index in [4.69, 9.17) is 11.6 Å². The third kappa shape index (κ3) is 4.29. The lowest BCUT2D eigenvalue weighted by Crippen LogP contribution is -2.51. The molecule has 1 aromatic carbocycles. The molecule has 4 rings (SSSR count). The minimum atomic E-state index is -0.607. The Morgan fingerprint density at radius 1 is 1.12 bits per heavy atom. The van der Waals surface area contributed by atoms with Crippen molar-refractivity contribution in [2.24, 2.45) is 0 Å². The highest BCUT2D eigenvalue weighted by Crippen LogP contribution is 2.20. The van der Waals surface area contributed by atoms with Crippen molar-refractivity contribution in [3.05, 3.63) is 51.6 Å². The Balaban J connectivity index is 1.44. The van der Waals surface area contributed by atoms with E-state index in [-0.39, 0.29) is 17.9 Å². The summed E-state index contributed by atoms with van der Waals surface area (Å²) in [6, 6.07) is 3.92. The summed E-state index contributed by atoms with van der Waals surface area (Å²) < 4.78 is 15.7. The molecule has 0 radical (unpaired) electrons. The molecule has 11 heteroatoms. The predicted octanol–water partition coefficient (Wildman–Crippen LogP) is 2.78. The molecule has 0 saturated carbocycles. The van der Waals surface area contributed by atoms with Crippen LogP contribution in [-0.2, 0) is 11.2 Å². The van der Waals surface area contributed by atoms with E-state index in [0.29, 0.717) is 42.1 Å². The molecule has 0 spiro atoms. The van der Waals surface area contributed by atoms with Crippen LogP contribution in [0.3, 0.4) is 0 Å². The number of hydrogen-bond acceptors (Lipinski definition) is 6. The summed E-state index contributed by atoms with van der Waals surface area (Å²) in [6.45, 7) is 5.16. The first-order valence-corrected chi connectivity index (χ1v) is 11.7. The third-order valence-electron chi connectivity index (χ3n) is 5.62. The lowest BCUT2D eigenvalue weighted by molar-refractivity contribution is -0.131. The van der Waals surface area contributed by atoms with Crippen LogP contribution in [0, 0.1) is 19.7 Å². The van der Waals surface area contributed by atoms with E-state index in [9.17, 15) is 14.0 Å². The quantitative estimate of drug-likeness (QED) is 0.538. The van der Waals surface area contributed by atoms with E-state index in [1.165, 1.54) is 30.0 Å². The monoisotopic (exact) mass is 476 g/mol. The van der Waals surface area contributed by atoms with Crippen molar-refractivity contribution in [2.75, 3.05) is 32.4 Å². The molecule has 0 bridgehead atoms. The summed E-state index contributed by atoms with van der Waals surface area (Å²) in [4.78, 5) is 37.8. The second-order valence-corrected chi connectivity index (χ2v) is 8.76. The molecule has 0 unspecified atom stereocenters. The second kappa shape index (κ2) is 9.03. The molecule has 32 heavy (non-hydrogen) atoms. The molecule has 8 nitrogen and oxygen atoms in total. The van der Waals surface area contributed by atoms with Gasteiger partial charge in [0.05, 0.1) is 12.0 Å². The standard InChI is InChI=1S/C21H22ClFN6O2S/c1-12-15(13(2)29-20(24-12)25-21(26-29)32-3)11-18(30)27-6-8-28(9-7-27)19(31)16-10-14(22)4-5-17(16)23/h4-5,10H,6-9,11H2,1-3H3. The van der Waals surface area contributed by atoms with Gasteiger partial charge in [0.25, 0.3) is 11.7 Å². The molecule has 168 valence electrons. The van der Waals surface area contributed by atoms with Crippen molar-refractivity contribution in [3.8, 4) is 0 Å². The third-order valence-corrected chi connectivity index (χ3v) is 6.39. The Labute approximate surface area is 193 Å². The molecule has 1 aliphatic heterocycles.